The predicted octanol–water partition coefficient (Wildman–Crippen LogP) is 3.27. The van der Waals surface area contributed by atoms with Crippen molar-refractivity contribution in [3.05, 3.63) is 52.5 Å². The Labute approximate surface area is 116 Å². The average molecular weight is 299 g/mol. The van der Waals surface area contributed by atoms with Crippen LogP contribution in [0.5, 0.6) is 0 Å². The molecule has 1 atom stereocenters. The first-order valence-electron chi connectivity index (χ1n) is 5.70. The van der Waals surface area contributed by atoms with E-state index < -0.39 is 15.8 Å². The van der Waals surface area contributed by atoms with Gasteiger partial charge in [-0.2, -0.15) is 4.31 Å². The quantitative estimate of drug-likeness (QED) is 0.869. The van der Waals surface area contributed by atoms with Gasteiger partial charge in [0.2, 0.25) is 10.0 Å². The van der Waals surface area contributed by atoms with E-state index in [1.165, 1.54) is 40.9 Å². The number of rotatable bonds is 4. The molecule has 0 radical (unpaired) electrons. The topological polar surface area (TPSA) is 37.4 Å². The van der Waals surface area contributed by atoms with Crippen molar-refractivity contribution in [3.63, 3.8) is 0 Å². The normalized spacial score (nSPS) is 13.7. The third-order valence-electron chi connectivity index (χ3n) is 2.99. The largest absolute Gasteiger partial charge is 0.246 e. The van der Waals surface area contributed by atoms with Crippen molar-refractivity contribution in [1.82, 2.24) is 4.31 Å². The van der Waals surface area contributed by atoms with Crippen LogP contribution in [-0.2, 0) is 10.0 Å². The molecule has 0 fully saturated rings. The first-order valence-corrected chi connectivity index (χ1v) is 8.02. The van der Waals surface area contributed by atoms with Gasteiger partial charge in [0.05, 0.1) is 6.04 Å². The molecule has 0 aliphatic carbocycles. The number of hydrogen-bond donors (Lipinski definition) is 0. The van der Waals surface area contributed by atoms with Crippen molar-refractivity contribution in [2.75, 3.05) is 7.05 Å². The van der Waals surface area contributed by atoms with E-state index in [1.807, 2.05) is 17.5 Å². The van der Waals surface area contributed by atoms with Crippen LogP contribution in [0, 0.1) is 5.82 Å². The second kappa shape index (κ2) is 5.40. The van der Waals surface area contributed by atoms with Gasteiger partial charge in [-0.3, -0.25) is 0 Å². The van der Waals surface area contributed by atoms with E-state index in [1.54, 1.807) is 6.92 Å². The lowest BCUT2D eigenvalue weighted by atomic mass is 10.3. The summed E-state index contributed by atoms with van der Waals surface area (Å²) in [7, 11) is -2.37. The summed E-state index contributed by atoms with van der Waals surface area (Å²) < 4.78 is 39.6. The minimum absolute atomic E-state index is 0.291. The summed E-state index contributed by atoms with van der Waals surface area (Å²) in [4.78, 5) is 0.628. The molecule has 6 heteroatoms. The van der Waals surface area contributed by atoms with Crippen LogP contribution >= 0.6 is 11.3 Å². The summed E-state index contributed by atoms with van der Waals surface area (Å²) in [5.74, 6) is -0.729. The molecular formula is C13H14FNO2S2. The summed E-state index contributed by atoms with van der Waals surface area (Å²) in [5, 5.41) is 1.88. The summed E-state index contributed by atoms with van der Waals surface area (Å²) >= 11 is 1.47. The van der Waals surface area contributed by atoms with Crippen molar-refractivity contribution < 1.29 is 12.8 Å². The molecule has 0 amide bonds. The minimum atomic E-state index is -3.83. The lowest BCUT2D eigenvalue weighted by Crippen LogP contribution is -2.30. The van der Waals surface area contributed by atoms with Crippen molar-refractivity contribution in [3.8, 4) is 0 Å². The highest BCUT2D eigenvalue weighted by Crippen LogP contribution is 2.29. The molecule has 2 aromatic rings. The molecule has 1 aromatic carbocycles. The zero-order valence-corrected chi connectivity index (χ0v) is 12.2. The van der Waals surface area contributed by atoms with Gasteiger partial charge in [0.25, 0.3) is 0 Å². The highest BCUT2D eigenvalue weighted by Gasteiger charge is 2.28. The van der Waals surface area contributed by atoms with Gasteiger partial charge >= 0.3 is 0 Å². The lowest BCUT2D eigenvalue weighted by molar-refractivity contribution is 0.399. The van der Waals surface area contributed by atoms with Crippen LogP contribution in [0.15, 0.2) is 46.7 Å². The highest BCUT2D eigenvalue weighted by atomic mass is 32.2. The van der Waals surface area contributed by atoms with Crippen molar-refractivity contribution >= 4 is 21.4 Å². The molecular weight excluding hydrogens is 285 g/mol. The van der Waals surface area contributed by atoms with E-state index in [-0.39, 0.29) is 10.9 Å². The SMILES string of the molecule is CC(c1cccs1)N(C)S(=O)(=O)c1ccccc1F. The van der Waals surface area contributed by atoms with E-state index in [0.29, 0.717) is 0 Å². The second-order valence-corrected chi connectivity index (χ2v) is 7.09. The van der Waals surface area contributed by atoms with Crippen LogP contribution in [-0.4, -0.2) is 19.8 Å². The Morgan fingerprint density at radius 1 is 1.21 bits per heavy atom. The summed E-state index contributed by atoms with van der Waals surface area (Å²) in [6.07, 6.45) is 0. The van der Waals surface area contributed by atoms with Gasteiger partial charge in [-0.15, -0.1) is 11.3 Å². The van der Waals surface area contributed by atoms with Crippen molar-refractivity contribution in [1.29, 1.82) is 0 Å². The average Bonchev–Trinajstić information content (AvgIpc) is 2.91. The monoisotopic (exact) mass is 299 g/mol. The maximum absolute atomic E-state index is 13.6. The number of hydrogen-bond acceptors (Lipinski definition) is 3. The molecule has 1 aromatic heterocycles. The standard InChI is InChI=1S/C13H14FNO2S2/c1-10(12-7-5-9-18-12)15(2)19(16,17)13-8-4-3-6-11(13)14/h3-10H,1-2H3. The number of benzene rings is 1. The predicted molar refractivity (Wildman–Crippen MR) is 74.1 cm³/mol. The molecule has 0 saturated heterocycles. The Bertz CT molecular complexity index is 653. The van der Waals surface area contributed by atoms with Gasteiger partial charge in [0.15, 0.2) is 0 Å². The van der Waals surface area contributed by atoms with Gasteiger partial charge in [-0.05, 0) is 30.5 Å². The third-order valence-corrected chi connectivity index (χ3v) is 6.00. The molecule has 3 nitrogen and oxygen atoms in total. The zero-order chi connectivity index (χ0) is 14.0. The number of halogens is 1. The fraction of sp³-hybridized carbons (Fsp3) is 0.231. The molecule has 102 valence electrons. The van der Waals surface area contributed by atoms with Crippen LogP contribution in [0.2, 0.25) is 0 Å². The first kappa shape index (κ1) is 14.2. The third kappa shape index (κ3) is 2.70. The van der Waals surface area contributed by atoms with Crippen LogP contribution < -0.4 is 0 Å². The Morgan fingerprint density at radius 2 is 1.89 bits per heavy atom. The van der Waals surface area contributed by atoms with Crippen molar-refractivity contribution in [2.24, 2.45) is 0 Å². The van der Waals surface area contributed by atoms with Crippen molar-refractivity contribution in [2.45, 2.75) is 17.9 Å². The summed E-state index contributed by atoms with van der Waals surface area (Å²) in [6.45, 7) is 1.78. The van der Waals surface area contributed by atoms with Crippen LogP contribution in [0.4, 0.5) is 4.39 Å². The minimum Gasteiger partial charge on any atom is -0.207 e. The zero-order valence-electron chi connectivity index (χ0n) is 10.6. The molecule has 19 heavy (non-hydrogen) atoms. The highest BCUT2D eigenvalue weighted by molar-refractivity contribution is 7.89. The smallest absolute Gasteiger partial charge is 0.207 e. The maximum Gasteiger partial charge on any atom is 0.246 e. The van der Waals surface area contributed by atoms with Crippen LogP contribution in [0.1, 0.15) is 17.8 Å². The van der Waals surface area contributed by atoms with E-state index in [9.17, 15) is 12.8 Å². The van der Waals surface area contributed by atoms with E-state index in [0.717, 1.165) is 10.9 Å². The van der Waals surface area contributed by atoms with E-state index in [4.69, 9.17) is 0 Å². The van der Waals surface area contributed by atoms with Gasteiger partial charge in [-0.1, -0.05) is 18.2 Å². The Kier molecular flexibility index (Phi) is 4.03. The summed E-state index contributed by atoms with van der Waals surface area (Å²) in [5.41, 5.74) is 0. The van der Waals surface area contributed by atoms with Gasteiger partial charge in [-0.25, -0.2) is 12.8 Å². The molecule has 0 aliphatic heterocycles. The molecule has 0 spiro atoms. The molecule has 2 rings (SSSR count). The fourth-order valence-corrected chi connectivity index (χ4v) is 4.02. The summed E-state index contributed by atoms with van der Waals surface area (Å²) in [6, 6.07) is 8.81. The van der Waals surface area contributed by atoms with Gasteiger partial charge < -0.3 is 0 Å². The Hall–Kier alpha value is -1.24. The lowest BCUT2D eigenvalue weighted by Gasteiger charge is -2.23. The van der Waals surface area contributed by atoms with Crippen LogP contribution in [0.3, 0.4) is 0 Å². The Balaban J connectivity index is 2.38. The van der Waals surface area contributed by atoms with Gasteiger partial charge in [0.1, 0.15) is 10.7 Å². The molecule has 0 bridgehead atoms. The van der Waals surface area contributed by atoms with Crippen LogP contribution in [0.25, 0.3) is 0 Å². The Morgan fingerprint density at radius 3 is 2.47 bits per heavy atom. The molecule has 0 N–H and O–H groups in total. The maximum atomic E-state index is 13.6. The molecule has 0 aliphatic rings. The van der Waals surface area contributed by atoms with Gasteiger partial charge in [0, 0.05) is 11.9 Å². The first-order chi connectivity index (χ1) is 8.94. The number of thiophene rings is 1. The fourth-order valence-electron chi connectivity index (χ4n) is 1.73. The van der Waals surface area contributed by atoms with E-state index in [2.05, 4.69) is 0 Å². The van der Waals surface area contributed by atoms with E-state index >= 15 is 0 Å². The molecule has 1 unspecified atom stereocenters. The molecule has 1 heterocycles. The molecule has 0 saturated carbocycles. The number of sulfonamides is 1. The number of nitrogens with zero attached hydrogens (tertiary/aromatic N) is 1. The second-order valence-electron chi connectivity index (χ2n) is 4.14.